The number of carbonyl (C=O) groups excluding carboxylic acids is 1. The van der Waals surface area contributed by atoms with Crippen molar-refractivity contribution in [3.63, 3.8) is 0 Å². The van der Waals surface area contributed by atoms with Crippen molar-refractivity contribution in [2.75, 3.05) is 26.7 Å². The van der Waals surface area contributed by atoms with Crippen molar-refractivity contribution in [2.45, 2.75) is 19.8 Å². The van der Waals surface area contributed by atoms with Gasteiger partial charge in [-0.3, -0.25) is 9.69 Å². The van der Waals surface area contributed by atoms with E-state index in [1.54, 1.807) is 7.05 Å². The number of likely N-dealkylation sites (tertiary alicyclic amines) is 1. The fourth-order valence-corrected chi connectivity index (χ4v) is 2.17. The van der Waals surface area contributed by atoms with E-state index in [-0.39, 0.29) is 11.8 Å². The van der Waals surface area contributed by atoms with Crippen LogP contribution in [0.5, 0.6) is 0 Å². The maximum atomic E-state index is 11.4. The lowest BCUT2D eigenvalue weighted by Gasteiger charge is -2.31. The van der Waals surface area contributed by atoms with Crippen LogP contribution >= 0.6 is 0 Å². The predicted molar refractivity (Wildman–Crippen MR) is 64.6 cm³/mol. The number of carboxylic acids is 1. The number of carbonyl (C=O) groups is 2. The first-order valence-corrected chi connectivity index (χ1v) is 5.87. The zero-order valence-corrected chi connectivity index (χ0v) is 10.4. The summed E-state index contributed by atoms with van der Waals surface area (Å²) in [7, 11) is 1.66. The van der Waals surface area contributed by atoms with Gasteiger partial charge in [-0.05, 0) is 32.9 Å². The molecule has 0 atom stereocenters. The molecular formula is C12H20N2O3. The summed E-state index contributed by atoms with van der Waals surface area (Å²) < 4.78 is 0. The largest absolute Gasteiger partial charge is 0.478 e. The average Bonchev–Trinajstić information content (AvgIpc) is 2.28. The summed E-state index contributed by atoms with van der Waals surface area (Å²) in [5.74, 6) is -0.676. The van der Waals surface area contributed by atoms with E-state index in [9.17, 15) is 9.59 Å². The van der Waals surface area contributed by atoms with Gasteiger partial charge in [0.05, 0.1) is 0 Å². The van der Waals surface area contributed by atoms with Crippen molar-refractivity contribution in [3.05, 3.63) is 11.6 Å². The second-order valence-electron chi connectivity index (χ2n) is 4.49. The molecule has 96 valence electrons. The lowest BCUT2D eigenvalue weighted by Crippen LogP contribution is -2.40. The van der Waals surface area contributed by atoms with E-state index in [2.05, 4.69) is 10.2 Å². The second kappa shape index (κ2) is 6.39. The predicted octanol–water partition coefficient (Wildman–Crippen LogP) is 0.475. The van der Waals surface area contributed by atoms with Crippen molar-refractivity contribution >= 4 is 11.9 Å². The van der Waals surface area contributed by atoms with E-state index < -0.39 is 5.97 Å². The maximum Gasteiger partial charge on any atom is 0.328 e. The number of aliphatic carboxylic acids is 1. The van der Waals surface area contributed by atoms with Crippen LogP contribution in [-0.4, -0.2) is 48.6 Å². The summed E-state index contributed by atoms with van der Waals surface area (Å²) in [6, 6.07) is 0. The molecule has 1 fully saturated rings. The van der Waals surface area contributed by atoms with Crippen LogP contribution in [-0.2, 0) is 9.59 Å². The summed E-state index contributed by atoms with van der Waals surface area (Å²) >= 11 is 0. The molecule has 0 aromatic carbocycles. The highest BCUT2D eigenvalue weighted by Gasteiger charge is 2.23. The Bertz CT molecular complexity index is 318. The fraction of sp³-hybridized carbons (Fsp3) is 0.667. The van der Waals surface area contributed by atoms with E-state index >= 15 is 0 Å². The van der Waals surface area contributed by atoms with Crippen molar-refractivity contribution in [1.82, 2.24) is 10.2 Å². The highest BCUT2D eigenvalue weighted by molar-refractivity contribution is 5.80. The summed E-state index contributed by atoms with van der Waals surface area (Å²) in [6.45, 7) is 4.19. The molecule has 1 amide bonds. The third-order valence-corrected chi connectivity index (χ3v) is 3.05. The van der Waals surface area contributed by atoms with Gasteiger partial charge in [-0.25, -0.2) is 4.79 Å². The monoisotopic (exact) mass is 240 g/mol. The number of amides is 1. The van der Waals surface area contributed by atoms with Gasteiger partial charge in [0.1, 0.15) is 0 Å². The molecule has 0 radical (unpaired) electrons. The van der Waals surface area contributed by atoms with Gasteiger partial charge in [0.25, 0.3) is 0 Å². The highest BCUT2D eigenvalue weighted by atomic mass is 16.4. The van der Waals surface area contributed by atoms with Crippen LogP contribution in [0.1, 0.15) is 19.8 Å². The number of piperidine rings is 1. The van der Waals surface area contributed by atoms with Gasteiger partial charge in [-0.15, -0.1) is 0 Å². The molecule has 0 spiro atoms. The number of nitrogens with one attached hydrogen (secondary N) is 1. The van der Waals surface area contributed by atoms with Crippen LogP contribution in [0.25, 0.3) is 0 Å². The standard InChI is InChI=1S/C12H20N2O3/c1-9(7-11(15)16)8-14-5-3-10(4-6-14)12(17)13-2/h7,10H,3-6,8H2,1-2H3,(H,13,17)(H,15,16). The molecule has 0 saturated carbocycles. The molecule has 1 rings (SSSR count). The summed E-state index contributed by atoms with van der Waals surface area (Å²) in [6.07, 6.45) is 2.94. The molecule has 17 heavy (non-hydrogen) atoms. The molecule has 0 unspecified atom stereocenters. The Labute approximate surface area is 101 Å². The van der Waals surface area contributed by atoms with Crippen LogP contribution in [0.3, 0.4) is 0 Å². The minimum atomic E-state index is -0.900. The molecule has 1 aliphatic rings. The molecule has 1 aliphatic heterocycles. The maximum absolute atomic E-state index is 11.4. The van der Waals surface area contributed by atoms with Crippen LogP contribution in [0.2, 0.25) is 0 Å². The normalized spacial score (nSPS) is 19.1. The van der Waals surface area contributed by atoms with E-state index in [1.807, 2.05) is 6.92 Å². The minimum Gasteiger partial charge on any atom is -0.478 e. The van der Waals surface area contributed by atoms with Crippen molar-refractivity contribution in [3.8, 4) is 0 Å². The van der Waals surface area contributed by atoms with E-state index in [1.165, 1.54) is 6.08 Å². The van der Waals surface area contributed by atoms with Crippen molar-refractivity contribution < 1.29 is 14.7 Å². The Kier molecular flexibility index (Phi) is 5.15. The molecule has 0 bridgehead atoms. The van der Waals surface area contributed by atoms with Gasteiger partial charge in [0.15, 0.2) is 0 Å². The number of nitrogens with zero attached hydrogens (tertiary/aromatic N) is 1. The summed E-state index contributed by atoms with van der Waals surface area (Å²) in [4.78, 5) is 24.1. The Morgan fingerprint density at radius 2 is 2.00 bits per heavy atom. The highest BCUT2D eigenvalue weighted by Crippen LogP contribution is 2.17. The Hall–Kier alpha value is -1.36. The molecule has 0 aliphatic carbocycles. The third-order valence-electron chi connectivity index (χ3n) is 3.05. The molecule has 0 aromatic rings. The zero-order chi connectivity index (χ0) is 12.8. The number of hydrogen-bond acceptors (Lipinski definition) is 3. The first-order valence-electron chi connectivity index (χ1n) is 5.87. The Morgan fingerprint density at radius 1 is 1.41 bits per heavy atom. The Balaban J connectivity index is 2.37. The molecular weight excluding hydrogens is 220 g/mol. The molecule has 1 saturated heterocycles. The number of carboxylic acid groups (broad SMARTS) is 1. The zero-order valence-electron chi connectivity index (χ0n) is 10.4. The van der Waals surface area contributed by atoms with Gasteiger partial charge in [0.2, 0.25) is 5.91 Å². The molecule has 5 nitrogen and oxygen atoms in total. The van der Waals surface area contributed by atoms with E-state index in [0.717, 1.165) is 31.5 Å². The Morgan fingerprint density at radius 3 is 2.47 bits per heavy atom. The molecule has 2 N–H and O–H groups in total. The van der Waals surface area contributed by atoms with Crippen LogP contribution in [0.15, 0.2) is 11.6 Å². The fourth-order valence-electron chi connectivity index (χ4n) is 2.17. The van der Waals surface area contributed by atoms with Gasteiger partial charge >= 0.3 is 5.97 Å². The number of rotatable bonds is 4. The quantitative estimate of drug-likeness (QED) is 0.701. The lowest BCUT2D eigenvalue weighted by molar-refractivity contribution is -0.131. The summed E-state index contributed by atoms with van der Waals surface area (Å²) in [5.41, 5.74) is 0.843. The number of hydrogen-bond donors (Lipinski definition) is 2. The molecule has 5 heteroatoms. The lowest BCUT2D eigenvalue weighted by atomic mass is 9.96. The molecule has 0 aromatic heterocycles. The minimum absolute atomic E-state index is 0.111. The first kappa shape index (κ1) is 13.7. The van der Waals surface area contributed by atoms with E-state index in [0.29, 0.717) is 6.54 Å². The van der Waals surface area contributed by atoms with Gasteiger partial charge in [-0.1, -0.05) is 5.57 Å². The van der Waals surface area contributed by atoms with Crippen molar-refractivity contribution in [1.29, 1.82) is 0 Å². The summed E-state index contributed by atoms with van der Waals surface area (Å²) in [5, 5.41) is 11.3. The third kappa shape index (κ3) is 4.56. The van der Waals surface area contributed by atoms with Crippen LogP contribution < -0.4 is 5.32 Å². The average molecular weight is 240 g/mol. The smallest absolute Gasteiger partial charge is 0.328 e. The molecule has 1 heterocycles. The topological polar surface area (TPSA) is 69.6 Å². The SMILES string of the molecule is CNC(=O)C1CCN(CC(C)=CC(=O)O)CC1. The van der Waals surface area contributed by atoms with Crippen molar-refractivity contribution in [2.24, 2.45) is 5.92 Å². The van der Waals surface area contributed by atoms with Crippen LogP contribution in [0, 0.1) is 5.92 Å². The van der Waals surface area contributed by atoms with Gasteiger partial charge in [0, 0.05) is 25.6 Å². The van der Waals surface area contributed by atoms with Gasteiger partial charge in [-0.2, -0.15) is 0 Å². The first-order chi connectivity index (χ1) is 8.02. The van der Waals surface area contributed by atoms with E-state index in [4.69, 9.17) is 5.11 Å². The van der Waals surface area contributed by atoms with Gasteiger partial charge < -0.3 is 10.4 Å². The second-order valence-corrected chi connectivity index (χ2v) is 4.49. The van der Waals surface area contributed by atoms with Crippen LogP contribution in [0.4, 0.5) is 0 Å².